The summed E-state index contributed by atoms with van der Waals surface area (Å²) in [4.78, 5) is 0. The highest BCUT2D eigenvalue weighted by atomic mass is 16.5. The number of methoxy groups -OCH3 is 2. The smallest absolute Gasteiger partial charge is 0.161 e. The minimum Gasteiger partial charge on any atom is -0.493 e. The van der Waals surface area contributed by atoms with E-state index in [1.54, 1.807) is 14.2 Å². The number of nitrogens with one attached hydrogen (secondary N) is 1. The zero-order valence-corrected chi connectivity index (χ0v) is 10.7. The molecule has 0 bridgehead atoms. The molecule has 1 atom stereocenters. The minimum atomic E-state index is 0.456. The van der Waals surface area contributed by atoms with Crippen molar-refractivity contribution in [1.82, 2.24) is 5.32 Å². The first-order valence-electron chi connectivity index (χ1n) is 6.30. The number of hydrogen-bond donors (Lipinski definition) is 1. The molecule has 0 spiro atoms. The Labute approximate surface area is 103 Å². The second-order valence-electron chi connectivity index (χ2n) is 4.47. The molecule has 1 aromatic rings. The van der Waals surface area contributed by atoms with Crippen molar-refractivity contribution in [3.8, 4) is 11.5 Å². The van der Waals surface area contributed by atoms with E-state index in [0.717, 1.165) is 18.0 Å². The van der Waals surface area contributed by atoms with Crippen molar-refractivity contribution in [2.24, 2.45) is 0 Å². The molecule has 0 amide bonds. The van der Waals surface area contributed by atoms with Gasteiger partial charge in [0, 0.05) is 6.04 Å². The fourth-order valence-electron chi connectivity index (χ4n) is 2.38. The van der Waals surface area contributed by atoms with Crippen LogP contribution in [0, 0.1) is 0 Å². The normalized spacial score (nSPS) is 20.7. The Morgan fingerprint density at radius 3 is 2.65 bits per heavy atom. The maximum Gasteiger partial charge on any atom is 0.161 e. The molecule has 1 aromatic carbocycles. The Kier molecular flexibility index (Phi) is 4.26. The molecule has 17 heavy (non-hydrogen) atoms. The van der Waals surface area contributed by atoms with Crippen LogP contribution < -0.4 is 14.8 Å². The van der Waals surface area contributed by atoms with Crippen molar-refractivity contribution >= 4 is 0 Å². The van der Waals surface area contributed by atoms with Gasteiger partial charge in [-0.25, -0.2) is 0 Å². The molecule has 1 saturated heterocycles. The van der Waals surface area contributed by atoms with E-state index in [0.29, 0.717) is 6.04 Å². The van der Waals surface area contributed by atoms with Crippen LogP contribution in [0.2, 0.25) is 0 Å². The van der Waals surface area contributed by atoms with Crippen molar-refractivity contribution in [2.45, 2.75) is 31.7 Å². The first kappa shape index (κ1) is 12.2. The molecule has 0 saturated carbocycles. The van der Waals surface area contributed by atoms with E-state index in [4.69, 9.17) is 9.47 Å². The highest BCUT2D eigenvalue weighted by Gasteiger charge is 2.15. The lowest BCUT2D eigenvalue weighted by molar-refractivity contribution is 0.353. The van der Waals surface area contributed by atoms with Crippen LogP contribution in [0.3, 0.4) is 0 Å². The van der Waals surface area contributed by atoms with Gasteiger partial charge in [-0.2, -0.15) is 0 Å². The maximum atomic E-state index is 5.35. The average molecular weight is 235 g/mol. The van der Waals surface area contributed by atoms with Crippen LogP contribution in [0.5, 0.6) is 11.5 Å². The van der Waals surface area contributed by atoms with Gasteiger partial charge in [0.15, 0.2) is 11.5 Å². The summed E-state index contributed by atoms with van der Waals surface area (Å²) in [6.07, 6.45) is 5.11. The van der Waals surface area contributed by atoms with Crippen LogP contribution in [0.25, 0.3) is 0 Å². The summed E-state index contributed by atoms with van der Waals surface area (Å²) in [5.41, 5.74) is 1.30. The van der Waals surface area contributed by atoms with Gasteiger partial charge in [-0.15, -0.1) is 0 Å². The molecule has 0 radical (unpaired) electrons. The summed E-state index contributed by atoms with van der Waals surface area (Å²) in [5.74, 6) is 1.61. The quantitative estimate of drug-likeness (QED) is 0.873. The minimum absolute atomic E-state index is 0.456. The Morgan fingerprint density at radius 2 is 1.88 bits per heavy atom. The third-order valence-corrected chi connectivity index (χ3v) is 3.37. The second-order valence-corrected chi connectivity index (χ2v) is 4.47. The zero-order chi connectivity index (χ0) is 12.1. The van der Waals surface area contributed by atoms with Gasteiger partial charge in [-0.05, 0) is 37.1 Å². The first-order valence-corrected chi connectivity index (χ1v) is 6.30. The molecular formula is C14H21NO2. The lowest BCUT2D eigenvalue weighted by atomic mass is 10.0. The van der Waals surface area contributed by atoms with Crippen molar-refractivity contribution in [3.05, 3.63) is 23.8 Å². The molecular weight excluding hydrogens is 214 g/mol. The Bertz CT molecular complexity index is 357. The van der Waals surface area contributed by atoms with E-state index < -0.39 is 0 Å². The van der Waals surface area contributed by atoms with Crippen LogP contribution in [-0.4, -0.2) is 20.8 Å². The molecule has 94 valence electrons. The van der Waals surface area contributed by atoms with E-state index in [-0.39, 0.29) is 0 Å². The molecule has 1 aliphatic heterocycles. The van der Waals surface area contributed by atoms with E-state index in [1.165, 1.54) is 31.2 Å². The molecule has 1 fully saturated rings. The summed E-state index contributed by atoms with van der Waals surface area (Å²) in [6.45, 7) is 1.11. The molecule has 1 N–H and O–H groups in total. The monoisotopic (exact) mass is 235 g/mol. The zero-order valence-electron chi connectivity index (χ0n) is 10.7. The number of ether oxygens (including phenoxy) is 2. The van der Waals surface area contributed by atoms with Crippen molar-refractivity contribution in [3.63, 3.8) is 0 Å². The van der Waals surface area contributed by atoms with E-state index in [1.807, 2.05) is 6.07 Å². The van der Waals surface area contributed by atoms with Gasteiger partial charge < -0.3 is 14.8 Å². The molecule has 1 heterocycles. The largest absolute Gasteiger partial charge is 0.493 e. The van der Waals surface area contributed by atoms with Crippen molar-refractivity contribution in [1.29, 1.82) is 0 Å². The second kappa shape index (κ2) is 5.92. The summed E-state index contributed by atoms with van der Waals surface area (Å²) < 4.78 is 10.6. The van der Waals surface area contributed by atoms with Gasteiger partial charge in [-0.1, -0.05) is 18.9 Å². The number of rotatable bonds is 3. The Hall–Kier alpha value is -1.22. The lowest BCUT2D eigenvalue weighted by Gasteiger charge is -2.18. The molecule has 0 aromatic heterocycles. The van der Waals surface area contributed by atoms with E-state index in [9.17, 15) is 0 Å². The average Bonchev–Trinajstić information content (AvgIpc) is 2.66. The molecule has 1 unspecified atom stereocenters. The third kappa shape index (κ3) is 2.91. The van der Waals surface area contributed by atoms with Gasteiger partial charge in [0.2, 0.25) is 0 Å². The predicted molar refractivity (Wildman–Crippen MR) is 68.8 cm³/mol. The molecule has 3 heteroatoms. The van der Waals surface area contributed by atoms with Crippen LogP contribution in [0.15, 0.2) is 18.2 Å². The standard InChI is InChI=1S/C14H21NO2/c1-16-13-8-7-11(10-14(13)17-2)12-6-4-3-5-9-15-12/h7-8,10,12,15H,3-6,9H2,1-2H3. The SMILES string of the molecule is COc1ccc(C2CCCCCN2)cc1OC. The highest BCUT2D eigenvalue weighted by molar-refractivity contribution is 5.43. The van der Waals surface area contributed by atoms with Gasteiger partial charge >= 0.3 is 0 Å². The lowest BCUT2D eigenvalue weighted by Crippen LogP contribution is -2.20. The fourth-order valence-corrected chi connectivity index (χ4v) is 2.38. The summed E-state index contributed by atoms with van der Waals surface area (Å²) in [5, 5.41) is 3.59. The van der Waals surface area contributed by atoms with Gasteiger partial charge in [0.25, 0.3) is 0 Å². The van der Waals surface area contributed by atoms with Gasteiger partial charge in [-0.3, -0.25) is 0 Å². The Morgan fingerprint density at radius 1 is 1.06 bits per heavy atom. The van der Waals surface area contributed by atoms with Crippen LogP contribution in [-0.2, 0) is 0 Å². The molecule has 0 aliphatic carbocycles. The molecule has 3 nitrogen and oxygen atoms in total. The van der Waals surface area contributed by atoms with Crippen molar-refractivity contribution < 1.29 is 9.47 Å². The van der Waals surface area contributed by atoms with Gasteiger partial charge in [0.1, 0.15) is 0 Å². The van der Waals surface area contributed by atoms with Crippen LogP contribution in [0.4, 0.5) is 0 Å². The summed E-state index contributed by atoms with van der Waals surface area (Å²) in [6, 6.07) is 6.66. The molecule has 2 rings (SSSR count). The summed E-state index contributed by atoms with van der Waals surface area (Å²) in [7, 11) is 3.35. The topological polar surface area (TPSA) is 30.5 Å². The maximum absolute atomic E-state index is 5.35. The van der Waals surface area contributed by atoms with E-state index >= 15 is 0 Å². The third-order valence-electron chi connectivity index (χ3n) is 3.37. The van der Waals surface area contributed by atoms with Crippen molar-refractivity contribution in [2.75, 3.05) is 20.8 Å². The predicted octanol–water partition coefficient (Wildman–Crippen LogP) is 2.91. The highest BCUT2D eigenvalue weighted by Crippen LogP contribution is 2.32. The number of hydrogen-bond acceptors (Lipinski definition) is 3. The van der Waals surface area contributed by atoms with Gasteiger partial charge in [0.05, 0.1) is 14.2 Å². The fraction of sp³-hybridized carbons (Fsp3) is 0.571. The van der Waals surface area contributed by atoms with Crippen LogP contribution in [0.1, 0.15) is 37.3 Å². The van der Waals surface area contributed by atoms with E-state index in [2.05, 4.69) is 17.4 Å². The summed E-state index contributed by atoms with van der Waals surface area (Å²) >= 11 is 0. The molecule has 1 aliphatic rings. The Balaban J connectivity index is 2.19. The first-order chi connectivity index (χ1) is 8.35. The van der Waals surface area contributed by atoms with Crippen LogP contribution >= 0.6 is 0 Å². The number of benzene rings is 1.